The minimum absolute atomic E-state index is 0.00551. The van der Waals surface area contributed by atoms with Crippen LogP contribution in [0.15, 0.2) is 57.9 Å². The van der Waals surface area contributed by atoms with Crippen molar-refractivity contribution in [3.8, 4) is 17.0 Å². The average molecular weight is 485 g/mol. The maximum atomic E-state index is 13.3. The van der Waals surface area contributed by atoms with Crippen molar-refractivity contribution in [3.05, 3.63) is 64.3 Å². The first-order valence-electron chi connectivity index (χ1n) is 9.40. The van der Waals surface area contributed by atoms with Crippen molar-refractivity contribution in [2.24, 2.45) is 0 Å². The number of hydrogen-bond donors (Lipinski definition) is 0. The van der Waals surface area contributed by atoms with Crippen molar-refractivity contribution in [1.29, 1.82) is 0 Å². The quantitative estimate of drug-likeness (QED) is 0.381. The second-order valence-corrected chi connectivity index (χ2v) is 9.39. The molecule has 0 N–H and O–H groups in total. The Morgan fingerprint density at radius 2 is 1.84 bits per heavy atom. The van der Waals surface area contributed by atoms with E-state index in [2.05, 4.69) is 5.16 Å². The Hall–Kier alpha value is -2.10. The number of para-hydroxylation sites is 1. The summed E-state index contributed by atoms with van der Waals surface area (Å²) in [6.07, 6.45) is 0.505. The molecule has 0 atom stereocenters. The molecule has 3 aromatic rings. The summed E-state index contributed by atoms with van der Waals surface area (Å²) in [4.78, 5) is 0.0452. The Morgan fingerprint density at radius 3 is 2.55 bits per heavy atom. The first-order valence-corrected chi connectivity index (χ1v) is 11.6. The van der Waals surface area contributed by atoms with Crippen molar-refractivity contribution < 1.29 is 22.4 Å². The molecule has 1 heterocycles. The lowest BCUT2D eigenvalue weighted by molar-refractivity contribution is 0.185. The number of methoxy groups -OCH3 is 2. The second-order valence-electron chi connectivity index (χ2n) is 6.64. The second kappa shape index (κ2) is 10.5. The molecule has 0 spiro atoms. The molecule has 10 heteroatoms. The topological polar surface area (TPSA) is 81.9 Å². The molecule has 0 aliphatic carbocycles. The monoisotopic (exact) mass is 484 g/mol. The van der Waals surface area contributed by atoms with Gasteiger partial charge in [0.05, 0.1) is 28.6 Å². The maximum Gasteiger partial charge on any atom is 0.243 e. The van der Waals surface area contributed by atoms with Crippen LogP contribution >= 0.6 is 23.2 Å². The summed E-state index contributed by atoms with van der Waals surface area (Å²) in [5.41, 5.74) is 1.30. The third-order valence-corrected chi connectivity index (χ3v) is 7.14. The molecule has 0 radical (unpaired) electrons. The average Bonchev–Trinajstić information content (AvgIpc) is 3.23. The largest absolute Gasteiger partial charge is 0.496 e. The predicted molar refractivity (Wildman–Crippen MR) is 119 cm³/mol. The molecule has 0 aliphatic rings. The van der Waals surface area contributed by atoms with Gasteiger partial charge in [-0.2, -0.15) is 4.31 Å². The molecule has 7 nitrogen and oxygen atoms in total. The Morgan fingerprint density at radius 1 is 1.06 bits per heavy atom. The van der Waals surface area contributed by atoms with Crippen molar-refractivity contribution in [2.45, 2.75) is 17.9 Å². The van der Waals surface area contributed by atoms with Crippen LogP contribution in [0.4, 0.5) is 0 Å². The molecule has 166 valence electrons. The minimum Gasteiger partial charge on any atom is -0.496 e. The van der Waals surface area contributed by atoms with E-state index >= 15 is 0 Å². The molecule has 0 unspecified atom stereocenters. The Balaban J connectivity index is 1.89. The van der Waals surface area contributed by atoms with Crippen LogP contribution in [0.5, 0.6) is 5.75 Å². The van der Waals surface area contributed by atoms with E-state index in [-0.39, 0.29) is 28.0 Å². The van der Waals surface area contributed by atoms with Crippen LogP contribution in [0.3, 0.4) is 0 Å². The maximum absolute atomic E-state index is 13.3. The molecule has 0 saturated carbocycles. The fourth-order valence-electron chi connectivity index (χ4n) is 3.00. The normalized spacial score (nSPS) is 11.8. The lowest BCUT2D eigenvalue weighted by atomic mass is 10.1. The summed E-state index contributed by atoms with van der Waals surface area (Å²) in [6.45, 7) is 0.631. The number of sulfonamides is 1. The first-order chi connectivity index (χ1) is 14.9. The van der Waals surface area contributed by atoms with E-state index in [0.717, 1.165) is 5.56 Å². The third-order valence-electron chi connectivity index (χ3n) is 4.56. The molecule has 0 amide bonds. The Bertz CT molecular complexity index is 1130. The molecule has 0 saturated heterocycles. The number of ether oxygens (including phenoxy) is 2. The number of benzene rings is 2. The van der Waals surface area contributed by atoms with Gasteiger partial charge in [-0.1, -0.05) is 40.5 Å². The summed E-state index contributed by atoms with van der Waals surface area (Å²) in [6, 6.07) is 13.3. The number of halogens is 2. The SMILES string of the molecule is COCCCN(Cc1cc(-c2ccccc2OC)no1)S(=O)(=O)c1ccc(Cl)c(Cl)c1. The molecule has 31 heavy (non-hydrogen) atoms. The summed E-state index contributed by atoms with van der Waals surface area (Å²) in [5.74, 6) is 1.03. The lowest BCUT2D eigenvalue weighted by Gasteiger charge is -2.21. The van der Waals surface area contributed by atoms with E-state index in [4.69, 9.17) is 37.2 Å². The highest BCUT2D eigenvalue weighted by atomic mass is 35.5. The van der Waals surface area contributed by atoms with Gasteiger partial charge in [-0.15, -0.1) is 0 Å². The van der Waals surface area contributed by atoms with Gasteiger partial charge >= 0.3 is 0 Å². The van der Waals surface area contributed by atoms with Crippen LogP contribution in [0.25, 0.3) is 11.3 Å². The summed E-state index contributed by atoms with van der Waals surface area (Å²) in [7, 11) is -0.731. The van der Waals surface area contributed by atoms with Gasteiger partial charge in [0.2, 0.25) is 10.0 Å². The highest BCUT2D eigenvalue weighted by molar-refractivity contribution is 7.89. The molecule has 2 aromatic carbocycles. The van der Waals surface area contributed by atoms with E-state index < -0.39 is 10.0 Å². The van der Waals surface area contributed by atoms with E-state index in [1.54, 1.807) is 20.3 Å². The van der Waals surface area contributed by atoms with Crippen molar-refractivity contribution in [2.75, 3.05) is 27.4 Å². The number of hydrogen-bond acceptors (Lipinski definition) is 6. The van der Waals surface area contributed by atoms with Crippen molar-refractivity contribution in [1.82, 2.24) is 9.46 Å². The van der Waals surface area contributed by atoms with Gasteiger partial charge in [0.25, 0.3) is 0 Å². The van der Waals surface area contributed by atoms with Gasteiger partial charge in [-0.3, -0.25) is 0 Å². The predicted octanol–water partition coefficient (Wildman–Crippen LogP) is 4.88. The van der Waals surface area contributed by atoms with Gasteiger partial charge in [0.1, 0.15) is 11.4 Å². The molecule has 3 rings (SSSR count). The molecule has 0 aliphatic heterocycles. The molecule has 0 bridgehead atoms. The van der Waals surface area contributed by atoms with Gasteiger partial charge in [0.15, 0.2) is 5.76 Å². The van der Waals surface area contributed by atoms with Gasteiger partial charge in [0, 0.05) is 31.9 Å². The van der Waals surface area contributed by atoms with E-state index in [9.17, 15) is 8.42 Å². The number of nitrogens with zero attached hydrogens (tertiary/aromatic N) is 2. The number of rotatable bonds is 10. The minimum atomic E-state index is -3.86. The van der Waals surface area contributed by atoms with Gasteiger partial charge in [-0.25, -0.2) is 8.42 Å². The number of aromatic nitrogens is 1. The third kappa shape index (κ3) is 5.58. The Kier molecular flexibility index (Phi) is 7.96. The van der Waals surface area contributed by atoms with Crippen LogP contribution < -0.4 is 4.74 Å². The van der Waals surface area contributed by atoms with E-state index in [0.29, 0.717) is 30.2 Å². The van der Waals surface area contributed by atoms with Crippen molar-refractivity contribution in [3.63, 3.8) is 0 Å². The zero-order valence-electron chi connectivity index (χ0n) is 17.0. The zero-order valence-corrected chi connectivity index (χ0v) is 19.4. The standard InChI is InChI=1S/C21H22Cl2N2O5S/c1-28-11-5-10-25(31(26,27)16-8-9-18(22)19(23)13-16)14-15-12-20(24-30-15)17-6-3-4-7-21(17)29-2/h3-4,6-9,12-13H,5,10-11,14H2,1-2H3. The molecular weight excluding hydrogens is 463 g/mol. The van der Waals surface area contributed by atoms with E-state index in [1.165, 1.54) is 22.5 Å². The van der Waals surface area contributed by atoms with Crippen LogP contribution in [0, 0.1) is 0 Å². The zero-order chi connectivity index (χ0) is 22.4. The van der Waals surface area contributed by atoms with Crippen molar-refractivity contribution >= 4 is 33.2 Å². The molecule has 0 fully saturated rings. The van der Waals surface area contributed by atoms with Gasteiger partial charge < -0.3 is 14.0 Å². The highest BCUT2D eigenvalue weighted by Crippen LogP contribution is 2.31. The highest BCUT2D eigenvalue weighted by Gasteiger charge is 2.27. The fourth-order valence-corrected chi connectivity index (χ4v) is 4.83. The first kappa shape index (κ1) is 23.6. The molecule has 1 aromatic heterocycles. The van der Waals surface area contributed by atoms with Crippen LogP contribution in [0.2, 0.25) is 10.0 Å². The summed E-state index contributed by atoms with van der Waals surface area (Å²) >= 11 is 12.0. The molecular formula is C21H22Cl2N2O5S. The lowest BCUT2D eigenvalue weighted by Crippen LogP contribution is -2.32. The summed E-state index contributed by atoms with van der Waals surface area (Å²) < 4.78 is 43.7. The fraction of sp³-hybridized carbons (Fsp3) is 0.286. The Labute approximate surface area is 191 Å². The van der Waals surface area contributed by atoms with E-state index in [1.807, 2.05) is 24.3 Å². The van der Waals surface area contributed by atoms with Crippen LogP contribution in [-0.4, -0.2) is 45.3 Å². The van der Waals surface area contributed by atoms with Gasteiger partial charge in [-0.05, 0) is 36.8 Å². The van der Waals surface area contributed by atoms with Crippen LogP contribution in [-0.2, 0) is 21.3 Å². The van der Waals surface area contributed by atoms with Crippen LogP contribution in [0.1, 0.15) is 12.2 Å². The summed E-state index contributed by atoms with van der Waals surface area (Å²) in [5, 5.41) is 4.53. The smallest absolute Gasteiger partial charge is 0.243 e.